The number of carbonyl (C=O) groups excluding carboxylic acids is 2. The van der Waals surface area contributed by atoms with Crippen LogP contribution < -0.4 is 5.32 Å². The number of anilines is 1. The third-order valence-electron chi connectivity index (χ3n) is 4.74. The van der Waals surface area contributed by atoms with E-state index >= 15 is 0 Å². The Morgan fingerprint density at radius 1 is 1.09 bits per heavy atom. The van der Waals surface area contributed by atoms with Gasteiger partial charge in [-0.2, -0.15) is 0 Å². The fraction of sp³-hybridized carbons (Fsp3) is 0.579. The number of hydrogen-bond acceptors (Lipinski definition) is 2. The van der Waals surface area contributed by atoms with Crippen LogP contribution in [0.4, 0.5) is 5.69 Å². The number of ketones is 1. The first-order chi connectivity index (χ1) is 10.6. The van der Waals surface area contributed by atoms with Crippen LogP contribution >= 0.6 is 0 Å². The lowest BCUT2D eigenvalue weighted by atomic mass is 9.79. The molecule has 0 radical (unpaired) electrons. The van der Waals surface area contributed by atoms with Crippen molar-refractivity contribution >= 4 is 17.4 Å². The molecule has 2 rings (SSSR count). The molecule has 1 aliphatic rings. The number of amides is 1. The van der Waals surface area contributed by atoms with E-state index in [0.717, 1.165) is 24.4 Å². The monoisotopic (exact) mass is 301 g/mol. The quantitative estimate of drug-likeness (QED) is 0.765. The maximum atomic E-state index is 12.3. The number of Topliss-reactive ketones (excluding diaryl/α,β-unsaturated/α-hetero) is 1. The molecule has 1 fully saturated rings. The summed E-state index contributed by atoms with van der Waals surface area (Å²) in [6.45, 7) is 3.78. The minimum absolute atomic E-state index is 0.0447. The fourth-order valence-electron chi connectivity index (χ4n) is 3.24. The highest BCUT2D eigenvalue weighted by Gasteiger charge is 2.25. The summed E-state index contributed by atoms with van der Waals surface area (Å²) in [6.07, 6.45) is 8.26. The van der Waals surface area contributed by atoms with Crippen molar-refractivity contribution < 1.29 is 9.59 Å². The Hall–Kier alpha value is -1.64. The largest absolute Gasteiger partial charge is 0.326 e. The third-order valence-corrected chi connectivity index (χ3v) is 4.74. The van der Waals surface area contributed by atoms with Gasteiger partial charge in [0.1, 0.15) is 0 Å². The van der Waals surface area contributed by atoms with E-state index in [1.807, 2.05) is 12.1 Å². The number of unbranched alkanes of at least 4 members (excludes halogenated alkanes) is 1. The highest BCUT2D eigenvalue weighted by atomic mass is 16.2. The van der Waals surface area contributed by atoms with Crippen molar-refractivity contribution in [2.75, 3.05) is 5.32 Å². The Labute approximate surface area is 133 Å². The second-order valence-corrected chi connectivity index (χ2v) is 6.48. The van der Waals surface area contributed by atoms with Gasteiger partial charge in [0.05, 0.1) is 0 Å². The highest BCUT2D eigenvalue weighted by molar-refractivity contribution is 5.96. The molecule has 22 heavy (non-hydrogen) atoms. The Morgan fingerprint density at radius 3 is 2.27 bits per heavy atom. The van der Waals surface area contributed by atoms with E-state index in [1.54, 1.807) is 19.1 Å². The van der Waals surface area contributed by atoms with Gasteiger partial charge in [0.2, 0.25) is 5.91 Å². The van der Waals surface area contributed by atoms with Gasteiger partial charge in [-0.3, -0.25) is 9.59 Å². The zero-order valence-corrected chi connectivity index (χ0v) is 13.7. The van der Waals surface area contributed by atoms with Crippen LogP contribution in [0.25, 0.3) is 0 Å². The summed E-state index contributed by atoms with van der Waals surface area (Å²) in [5.41, 5.74) is 1.46. The van der Waals surface area contributed by atoms with Gasteiger partial charge in [-0.25, -0.2) is 0 Å². The molecule has 0 aromatic heterocycles. The van der Waals surface area contributed by atoms with Gasteiger partial charge >= 0.3 is 0 Å². The van der Waals surface area contributed by atoms with Crippen molar-refractivity contribution in [3.8, 4) is 0 Å². The van der Waals surface area contributed by atoms with E-state index < -0.39 is 0 Å². The molecule has 3 nitrogen and oxygen atoms in total. The van der Waals surface area contributed by atoms with Crippen molar-refractivity contribution in [1.82, 2.24) is 0 Å². The molecule has 0 atom stereocenters. The van der Waals surface area contributed by atoms with Gasteiger partial charge in [0, 0.05) is 17.2 Å². The molecule has 1 saturated carbocycles. The second kappa shape index (κ2) is 8.11. The first-order valence-electron chi connectivity index (χ1n) is 8.52. The molecule has 0 spiro atoms. The van der Waals surface area contributed by atoms with Gasteiger partial charge in [-0.05, 0) is 62.8 Å². The molecule has 0 heterocycles. The van der Waals surface area contributed by atoms with Crippen molar-refractivity contribution in [2.24, 2.45) is 11.8 Å². The van der Waals surface area contributed by atoms with Crippen LogP contribution in [0, 0.1) is 11.8 Å². The minimum Gasteiger partial charge on any atom is -0.326 e. The summed E-state index contributed by atoms with van der Waals surface area (Å²) in [5.74, 6) is 1.14. The summed E-state index contributed by atoms with van der Waals surface area (Å²) >= 11 is 0. The smallest absolute Gasteiger partial charge is 0.227 e. The maximum absolute atomic E-state index is 12.3. The van der Waals surface area contributed by atoms with Gasteiger partial charge in [-0.15, -0.1) is 0 Å². The molecule has 120 valence electrons. The molecule has 0 bridgehead atoms. The van der Waals surface area contributed by atoms with E-state index in [0.29, 0.717) is 5.56 Å². The molecule has 1 aromatic rings. The molecule has 0 aliphatic heterocycles. The average Bonchev–Trinajstić information content (AvgIpc) is 2.54. The molecule has 0 saturated heterocycles. The van der Waals surface area contributed by atoms with Crippen LogP contribution in [0.15, 0.2) is 24.3 Å². The van der Waals surface area contributed by atoms with Gasteiger partial charge in [0.15, 0.2) is 5.78 Å². The molecule has 1 aliphatic carbocycles. The molecule has 3 heteroatoms. The van der Waals surface area contributed by atoms with Crippen LogP contribution in [0.2, 0.25) is 0 Å². The first kappa shape index (κ1) is 16.7. The Bertz CT molecular complexity index is 499. The molecule has 1 aromatic carbocycles. The van der Waals surface area contributed by atoms with E-state index in [-0.39, 0.29) is 17.6 Å². The molecule has 1 N–H and O–H groups in total. The Morgan fingerprint density at radius 2 is 1.73 bits per heavy atom. The standard InChI is InChI=1S/C19H27NO2/c1-3-4-5-15-6-8-17(9-7-15)19(22)20-18-12-10-16(11-13-18)14(2)21/h10-13,15,17H,3-9H2,1-2H3,(H,20,22). The lowest BCUT2D eigenvalue weighted by Gasteiger charge is -2.27. The van der Waals surface area contributed by atoms with Crippen molar-refractivity contribution in [1.29, 1.82) is 0 Å². The van der Waals surface area contributed by atoms with Crippen molar-refractivity contribution in [2.45, 2.75) is 58.8 Å². The average molecular weight is 301 g/mol. The fourth-order valence-corrected chi connectivity index (χ4v) is 3.24. The molecular weight excluding hydrogens is 274 g/mol. The van der Waals surface area contributed by atoms with Crippen molar-refractivity contribution in [3.05, 3.63) is 29.8 Å². The lowest BCUT2D eigenvalue weighted by Crippen LogP contribution is -2.27. The van der Waals surface area contributed by atoms with E-state index in [9.17, 15) is 9.59 Å². The number of benzene rings is 1. The Balaban J connectivity index is 1.81. The predicted molar refractivity (Wildman–Crippen MR) is 90.0 cm³/mol. The van der Waals surface area contributed by atoms with Crippen LogP contribution in [0.1, 0.15) is 69.2 Å². The second-order valence-electron chi connectivity index (χ2n) is 6.48. The summed E-state index contributed by atoms with van der Waals surface area (Å²) in [5, 5.41) is 2.99. The zero-order valence-electron chi connectivity index (χ0n) is 13.7. The summed E-state index contributed by atoms with van der Waals surface area (Å²) < 4.78 is 0. The van der Waals surface area contributed by atoms with Gasteiger partial charge < -0.3 is 5.32 Å². The normalized spacial score (nSPS) is 21.4. The number of hydrogen-bond donors (Lipinski definition) is 1. The summed E-state index contributed by atoms with van der Waals surface area (Å²) in [7, 11) is 0. The lowest BCUT2D eigenvalue weighted by molar-refractivity contribution is -0.121. The van der Waals surface area contributed by atoms with Crippen LogP contribution in [-0.4, -0.2) is 11.7 Å². The first-order valence-corrected chi connectivity index (χ1v) is 8.52. The number of nitrogens with one attached hydrogen (secondary N) is 1. The van der Waals surface area contributed by atoms with Gasteiger partial charge in [-0.1, -0.05) is 26.2 Å². The van der Waals surface area contributed by atoms with Gasteiger partial charge in [0.25, 0.3) is 0 Å². The van der Waals surface area contributed by atoms with Crippen LogP contribution in [0.5, 0.6) is 0 Å². The molecular formula is C19H27NO2. The maximum Gasteiger partial charge on any atom is 0.227 e. The van der Waals surface area contributed by atoms with Crippen molar-refractivity contribution in [3.63, 3.8) is 0 Å². The number of carbonyl (C=O) groups is 2. The van der Waals surface area contributed by atoms with Crippen LogP contribution in [-0.2, 0) is 4.79 Å². The van der Waals surface area contributed by atoms with E-state index in [4.69, 9.17) is 0 Å². The molecule has 0 unspecified atom stereocenters. The molecule has 1 amide bonds. The van der Waals surface area contributed by atoms with E-state index in [1.165, 1.54) is 32.1 Å². The topological polar surface area (TPSA) is 46.2 Å². The summed E-state index contributed by atoms with van der Waals surface area (Å²) in [6, 6.07) is 7.14. The van der Waals surface area contributed by atoms with E-state index in [2.05, 4.69) is 12.2 Å². The number of rotatable bonds is 6. The zero-order chi connectivity index (χ0) is 15.9. The SMILES string of the molecule is CCCCC1CCC(C(=O)Nc2ccc(C(C)=O)cc2)CC1. The van der Waals surface area contributed by atoms with Crippen LogP contribution in [0.3, 0.4) is 0 Å². The minimum atomic E-state index is 0.0447. The Kier molecular flexibility index (Phi) is 6.17. The summed E-state index contributed by atoms with van der Waals surface area (Å²) in [4.78, 5) is 23.6. The highest BCUT2D eigenvalue weighted by Crippen LogP contribution is 2.32. The third kappa shape index (κ3) is 4.69. The predicted octanol–water partition coefficient (Wildman–Crippen LogP) is 4.82.